The Morgan fingerprint density at radius 1 is 1.07 bits per heavy atom. The molecule has 0 radical (unpaired) electrons. The fourth-order valence-corrected chi connectivity index (χ4v) is 2.86. The van der Waals surface area contributed by atoms with E-state index in [4.69, 9.17) is 4.74 Å². The number of nitrogens with one attached hydrogen (secondary N) is 2. The highest BCUT2D eigenvalue weighted by Crippen LogP contribution is 2.26. The molecule has 0 unspecified atom stereocenters. The predicted molar refractivity (Wildman–Crippen MR) is 106 cm³/mol. The van der Waals surface area contributed by atoms with Gasteiger partial charge in [0, 0.05) is 16.5 Å². The molecule has 1 heterocycles. The second kappa shape index (κ2) is 7.64. The molecule has 0 saturated carbocycles. The Labute approximate surface area is 161 Å². The molecule has 0 atom stereocenters. The van der Waals surface area contributed by atoms with Crippen LogP contribution < -0.4 is 10.1 Å². The van der Waals surface area contributed by atoms with Gasteiger partial charge in [0.15, 0.2) is 5.82 Å². The number of ether oxygens (including phenoxy) is 1. The van der Waals surface area contributed by atoms with Gasteiger partial charge < -0.3 is 10.1 Å². The van der Waals surface area contributed by atoms with Crippen molar-refractivity contribution in [1.82, 2.24) is 10.2 Å². The summed E-state index contributed by atoms with van der Waals surface area (Å²) in [6.45, 7) is 0.277. The Hall–Kier alpha value is -4.11. The smallest absolute Gasteiger partial charge is 0.256 e. The molecule has 0 aliphatic heterocycles. The highest BCUT2D eigenvalue weighted by atomic mass is 16.5. The number of carbonyl (C=O) groups excluding carboxylic acids is 1. The molecule has 0 fully saturated rings. The van der Waals surface area contributed by atoms with Gasteiger partial charge in [-0.2, -0.15) is 10.4 Å². The molecule has 28 heavy (non-hydrogen) atoms. The second-order valence-electron chi connectivity index (χ2n) is 6.16. The van der Waals surface area contributed by atoms with Crippen molar-refractivity contribution in [3.05, 3.63) is 89.5 Å². The summed E-state index contributed by atoms with van der Waals surface area (Å²) in [5.41, 5.74) is 2.74. The van der Waals surface area contributed by atoms with E-state index in [1.807, 2.05) is 54.6 Å². The van der Waals surface area contributed by atoms with Gasteiger partial charge in [-0.25, -0.2) is 0 Å². The van der Waals surface area contributed by atoms with Gasteiger partial charge in [0.1, 0.15) is 12.4 Å². The maximum absolute atomic E-state index is 12.4. The summed E-state index contributed by atoms with van der Waals surface area (Å²) in [4.78, 5) is 12.4. The summed E-state index contributed by atoms with van der Waals surface area (Å²) in [5, 5.41) is 19.8. The standard InChI is InChI=1S/C22H16N4O2/c23-13-16-8-4-5-9-17(16)14-28-18-10-11-20-19(12-18)21(26-25-20)24-22(27)15-6-2-1-3-7-15/h1-12H,14H2,(H2,24,25,26,27). The van der Waals surface area contributed by atoms with Gasteiger partial charge >= 0.3 is 0 Å². The SMILES string of the molecule is N#Cc1ccccc1COc1ccc2[nH]nc(NC(=O)c3ccccc3)c2c1. The lowest BCUT2D eigenvalue weighted by Gasteiger charge is -2.08. The minimum atomic E-state index is -0.233. The molecule has 6 heteroatoms. The average Bonchev–Trinajstić information content (AvgIpc) is 3.15. The van der Waals surface area contributed by atoms with Gasteiger partial charge in [0.25, 0.3) is 5.91 Å². The van der Waals surface area contributed by atoms with Crippen LogP contribution in [0.4, 0.5) is 5.82 Å². The van der Waals surface area contributed by atoms with E-state index < -0.39 is 0 Å². The first-order valence-corrected chi connectivity index (χ1v) is 8.70. The zero-order chi connectivity index (χ0) is 19.3. The zero-order valence-corrected chi connectivity index (χ0v) is 14.8. The molecule has 0 aliphatic rings. The van der Waals surface area contributed by atoms with Crippen molar-refractivity contribution < 1.29 is 9.53 Å². The molecule has 6 nitrogen and oxygen atoms in total. The monoisotopic (exact) mass is 368 g/mol. The summed E-state index contributed by atoms with van der Waals surface area (Å²) in [7, 11) is 0. The van der Waals surface area contributed by atoms with Crippen molar-refractivity contribution in [3.8, 4) is 11.8 Å². The first kappa shape index (κ1) is 17.3. The lowest BCUT2D eigenvalue weighted by molar-refractivity contribution is 0.102. The lowest BCUT2D eigenvalue weighted by Crippen LogP contribution is -2.12. The first-order chi connectivity index (χ1) is 13.7. The van der Waals surface area contributed by atoms with Crippen molar-refractivity contribution in [2.24, 2.45) is 0 Å². The van der Waals surface area contributed by atoms with Gasteiger partial charge in [0.05, 0.1) is 17.1 Å². The topological polar surface area (TPSA) is 90.8 Å². The highest BCUT2D eigenvalue weighted by Gasteiger charge is 2.12. The summed E-state index contributed by atoms with van der Waals surface area (Å²) >= 11 is 0. The summed E-state index contributed by atoms with van der Waals surface area (Å²) in [5.74, 6) is 0.826. The van der Waals surface area contributed by atoms with E-state index in [1.54, 1.807) is 18.2 Å². The molecule has 0 spiro atoms. The fourth-order valence-electron chi connectivity index (χ4n) is 2.86. The summed E-state index contributed by atoms with van der Waals surface area (Å²) < 4.78 is 5.85. The molecule has 0 bridgehead atoms. The normalized spacial score (nSPS) is 10.4. The van der Waals surface area contributed by atoms with Gasteiger partial charge in [-0.15, -0.1) is 0 Å². The van der Waals surface area contributed by atoms with Crippen LogP contribution in [0.15, 0.2) is 72.8 Å². The number of carbonyl (C=O) groups is 1. The van der Waals surface area contributed by atoms with Crippen LogP contribution in [-0.4, -0.2) is 16.1 Å². The number of amides is 1. The number of H-pyrrole nitrogens is 1. The van der Waals surface area contributed by atoms with E-state index >= 15 is 0 Å². The minimum Gasteiger partial charge on any atom is -0.489 e. The Morgan fingerprint density at radius 3 is 2.68 bits per heavy atom. The van der Waals surface area contributed by atoms with Crippen molar-refractivity contribution in [2.45, 2.75) is 6.61 Å². The van der Waals surface area contributed by atoms with Crippen LogP contribution in [0, 0.1) is 11.3 Å². The number of nitriles is 1. The van der Waals surface area contributed by atoms with Gasteiger partial charge in [-0.3, -0.25) is 9.89 Å². The van der Waals surface area contributed by atoms with Crippen molar-refractivity contribution in [2.75, 3.05) is 5.32 Å². The Morgan fingerprint density at radius 2 is 1.86 bits per heavy atom. The third-order valence-corrected chi connectivity index (χ3v) is 4.33. The van der Waals surface area contributed by atoms with Gasteiger partial charge in [-0.1, -0.05) is 36.4 Å². The Balaban J connectivity index is 1.55. The summed E-state index contributed by atoms with van der Waals surface area (Å²) in [6, 6.07) is 23.9. The third kappa shape index (κ3) is 3.55. The van der Waals surface area contributed by atoms with Crippen LogP contribution in [0.3, 0.4) is 0 Å². The van der Waals surface area contributed by atoms with Crippen LogP contribution in [-0.2, 0) is 6.61 Å². The molecule has 0 aliphatic carbocycles. The van der Waals surface area contributed by atoms with Crippen LogP contribution in [0.2, 0.25) is 0 Å². The number of aromatic amines is 1. The lowest BCUT2D eigenvalue weighted by atomic mass is 10.1. The van der Waals surface area contributed by atoms with Gasteiger partial charge in [-0.05, 0) is 36.4 Å². The number of nitrogens with zero attached hydrogens (tertiary/aromatic N) is 2. The molecule has 1 aromatic heterocycles. The average molecular weight is 368 g/mol. The minimum absolute atomic E-state index is 0.233. The largest absolute Gasteiger partial charge is 0.489 e. The quantitative estimate of drug-likeness (QED) is 0.550. The van der Waals surface area contributed by atoms with E-state index in [1.165, 1.54) is 0 Å². The second-order valence-corrected chi connectivity index (χ2v) is 6.16. The van der Waals surface area contributed by atoms with Gasteiger partial charge in [0.2, 0.25) is 0 Å². The number of hydrogen-bond donors (Lipinski definition) is 2. The summed E-state index contributed by atoms with van der Waals surface area (Å²) in [6.07, 6.45) is 0. The predicted octanol–water partition coefficient (Wildman–Crippen LogP) is 4.27. The molecule has 4 rings (SSSR count). The van der Waals surface area contributed by atoms with Crippen LogP contribution in [0.1, 0.15) is 21.5 Å². The molecule has 3 aromatic carbocycles. The molecule has 1 amide bonds. The molecule has 2 N–H and O–H groups in total. The molecule has 4 aromatic rings. The van der Waals surface area contributed by atoms with Crippen LogP contribution >= 0.6 is 0 Å². The fraction of sp³-hybridized carbons (Fsp3) is 0.0455. The first-order valence-electron chi connectivity index (χ1n) is 8.70. The maximum atomic E-state index is 12.4. The van der Waals surface area contributed by atoms with E-state index in [0.717, 1.165) is 16.5 Å². The Bertz CT molecular complexity index is 1180. The number of aromatic nitrogens is 2. The van der Waals surface area contributed by atoms with Crippen LogP contribution in [0.5, 0.6) is 5.75 Å². The van der Waals surface area contributed by atoms with E-state index in [-0.39, 0.29) is 12.5 Å². The Kier molecular flexibility index (Phi) is 4.72. The zero-order valence-electron chi connectivity index (χ0n) is 14.8. The number of benzene rings is 3. The van der Waals surface area contributed by atoms with Crippen molar-refractivity contribution >= 4 is 22.6 Å². The highest BCUT2D eigenvalue weighted by molar-refractivity contribution is 6.07. The van der Waals surface area contributed by atoms with Crippen LogP contribution in [0.25, 0.3) is 10.9 Å². The van der Waals surface area contributed by atoms with Crippen molar-refractivity contribution in [1.29, 1.82) is 5.26 Å². The number of hydrogen-bond acceptors (Lipinski definition) is 4. The van der Waals surface area contributed by atoms with E-state index in [2.05, 4.69) is 21.6 Å². The molecular weight excluding hydrogens is 352 g/mol. The maximum Gasteiger partial charge on any atom is 0.256 e. The number of fused-ring (bicyclic) bond motifs is 1. The molecule has 136 valence electrons. The molecule has 0 saturated heterocycles. The van der Waals surface area contributed by atoms with E-state index in [9.17, 15) is 10.1 Å². The van der Waals surface area contributed by atoms with Crippen molar-refractivity contribution in [3.63, 3.8) is 0 Å². The number of rotatable bonds is 5. The number of anilines is 1. The molecular formula is C22H16N4O2. The third-order valence-electron chi connectivity index (χ3n) is 4.33. The van der Waals surface area contributed by atoms with E-state index in [0.29, 0.717) is 22.7 Å².